The Hall–Kier alpha value is -7.95. The number of rotatable bonds is 12. The molecular formula is C61H64BCl3N12O8. The topological polar surface area (TPSA) is 239 Å². The van der Waals surface area contributed by atoms with Gasteiger partial charge in [0, 0.05) is 108 Å². The summed E-state index contributed by atoms with van der Waals surface area (Å²) in [5, 5.41) is 8.36. The number of hydrogen-bond donors (Lipinski definition) is 2. The second-order valence-corrected chi connectivity index (χ2v) is 25.0. The van der Waals surface area contributed by atoms with Crippen LogP contribution in [0.2, 0.25) is 15.2 Å². The lowest BCUT2D eigenvalue weighted by atomic mass is 9.74. The van der Waals surface area contributed by atoms with Gasteiger partial charge < -0.3 is 29.7 Å². The molecule has 3 aliphatic heterocycles. The number of fused-ring (bicyclic) bond motifs is 2. The predicted molar refractivity (Wildman–Crippen MR) is 327 cm³/mol. The fourth-order valence-corrected chi connectivity index (χ4v) is 10.5. The highest BCUT2D eigenvalue weighted by atomic mass is 35.5. The highest BCUT2D eigenvalue weighted by Gasteiger charge is 2.40. The molecule has 2 N–H and O–H groups in total. The maximum absolute atomic E-state index is 13.7. The van der Waals surface area contributed by atoms with Crippen LogP contribution in [0, 0.1) is 30.1 Å². The summed E-state index contributed by atoms with van der Waals surface area (Å²) in [5.74, 6) is -1.50. The van der Waals surface area contributed by atoms with E-state index in [-0.39, 0.29) is 65.4 Å². The van der Waals surface area contributed by atoms with Crippen molar-refractivity contribution in [3.63, 3.8) is 0 Å². The van der Waals surface area contributed by atoms with Gasteiger partial charge in [-0.3, -0.25) is 37.9 Å². The molecule has 3 aliphatic rings. The van der Waals surface area contributed by atoms with Crippen LogP contribution >= 0.6 is 34.8 Å². The second kappa shape index (κ2) is 25.7. The standard InChI is InChI=1S/C28H32BClN4O5.C28H27ClN6O3.C5H5ClN2/c1-27(2)14-33(15-27)23(35)13-34-24-20(22(9-10-31-24)29-38-16-28(3,4)17-39-29)11-21(26(34)37)25(36)32-12-18-5-7-19(30)8-6-18;1-17-10-23(33-16-32-17)20-8-9-30-25-21(20)11-22(26(37)31-12-18-4-6-19(29)7-5-18)27(38)35(25)13-24(36)34-14-28(2,3)15-34;1-4-2-5(6)8-3-7-4/h5-11H,12-17H2,1-4H3,(H,32,36);4-11,16H,12-15H2,1-3H3,(H,31,37);2-3H,1H3. The van der Waals surface area contributed by atoms with Crippen LogP contribution < -0.4 is 27.2 Å². The molecule has 3 fully saturated rings. The molecule has 4 amide bonds. The Bertz CT molecular complexity index is 3930. The Kier molecular flexibility index (Phi) is 18.6. The number of carbonyl (C=O) groups excluding carboxylic acids is 4. The maximum atomic E-state index is 13.7. The zero-order valence-electron chi connectivity index (χ0n) is 48.4. The first-order valence-corrected chi connectivity index (χ1v) is 28.6. The Morgan fingerprint density at radius 2 is 1.00 bits per heavy atom. The Balaban J connectivity index is 0.000000180. The van der Waals surface area contributed by atoms with Crippen molar-refractivity contribution in [1.29, 1.82) is 0 Å². The lowest BCUT2D eigenvalue weighted by Gasteiger charge is -2.45. The first-order chi connectivity index (χ1) is 40.3. The van der Waals surface area contributed by atoms with Gasteiger partial charge >= 0.3 is 7.12 Å². The number of hydrogen-bond acceptors (Lipinski definition) is 14. The van der Waals surface area contributed by atoms with E-state index in [0.29, 0.717) is 93.4 Å². The van der Waals surface area contributed by atoms with E-state index in [1.807, 2.05) is 19.9 Å². The highest BCUT2D eigenvalue weighted by Crippen LogP contribution is 2.31. The molecule has 3 saturated heterocycles. The number of nitrogens with one attached hydrogen (secondary N) is 2. The molecule has 0 radical (unpaired) electrons. The van der Waals surface area contributed by atoms with Gasteiger partial charge in [-0.1, -0.05) is 101 Å². The summed E-state index contributed by atoms with van der Waals surface area (Å²) in [5.41, 5.74) is 4.51. The van der Waals surface area contributed by atoms with E-state index in [0.717, 1.165) is 22.5 Å². The van der Waals surface area contributed by atoms with Crippen LogP contribution in [0.15, 0.2) is 120 Å². The van der Waals surface area contributed by atoms with Crippen molar-refractivity contribution in [1.82, 2.24) is 59.5 Å². The number of amides is 4. The van der Waals surface area contributed by atoms with Gasteiger partial charge in [0.2, 0.25) is 11.8 Å². The van der Waals surface area contributed by atoms with Crippen LogP contribution in [0.3, 0.4) is 0 Å². The largest absolute Gasteiger partial charge is 0.494 e. The zero-order valence-corrected chi connectivity index (χ0v) is 50.7. The van der Waals surface area contributed by atoms with Crippen LogP contribution in [-0.4, -0.2) is 119 Å². The molecule has 0 spiro atoms. The second-order valence-electron chi connectivity index (χ2n) is 23.7. The number of carbonyl (C=O) groups is 4. The van der Waals surface area contributed by atoms with Gasteiger partial charge in [0.1, 0.15) is 53.3 Å². The summed E-state index contributed by atoms with van der Waals surface area (Å²) < 4.78 is 14.6. The molecule has 20 nitrogen and oxygen atoms in total. The number of aryl methyl sites for hydroxylation is 2. The molecule has 2 aromatic carbocycles. The number of halogens is 3. The molecule has 0 bridgehead atoms. The lowest BCUT2D eigenvalue weighted by molar-refractivity contribution is -0.142. The van der Waals surface area contributed by atoms with Crippen LogP contribution in [0.1, 0.15) is 84.8 Å². The minimum atomic E-state index is -0.689. The smallest absolute Gasteiger partial charge is 0.407 e. The molecular weight excluding hydrogens is 1150 g/mol. The summed E-state index contributed by atoms with van der Waals surface area (Å²) >= 11 is 17.4. The molecule has 0 unspecified atom stereocenters. The van der Waals surface area contributed by atoms with Gasteiger partial charge in [-0.25, -0.2) is 29.9 Å². The minimum Gasteiger partial charge on any atom is -0.407 e. The predicted octanol–water partition coefficient (Wildman–Crippen LogP) is 7.67. The molecule has 11 rings (SSSR count). The number of aromatic nitrogens is 8. The van der Waals surface area contributed by atoms with Gasteiger partial charge in [-0.05, 0) is 102 Å². The van der Waals surface area contributed by atoms with E-state index in [2.05, 4.69) is 82.1 Å². The Morgan fingerprint density at radius 3 is 1.45 bits per heavy atom. The Morgan fingerprint density at radius 1 is 0.553 bits per heavy atom. The molecule has 0 aliphatic carbocycles. The van der Waals surface area contributed by atoms with Gasteiger partial charge in [-0.15, -0.1) is 0 Å². The molecule has 8 aromatic rings. The summed E-state index contributed by atoms with van der Waals surface area (Å²) in [6, 6.07) is 24.2. The maximum Gasteiger partial charge on any atom is 0.494 e. The van der Waals surface area contributed by atoms with Crippen LogP contribution in [0.25, 0.3) is 33.3 Å². The molecule has 0 atom stereocenters. The van der Waals surface area contributed by atoms with E-state index >= 15 is 0 Å². The fourth-order valence-electron chi connectivity index (χ4n) is 10.1. The molecule has 440 valence electrons. The summed E-state index contributed by atoms with van der Waals surface area (Å²) in [6.45, 7) is 19.6. The van der Waals surface area contributed by atoms with Crippen LogP contribution in [-0.2, 0) is 45.1 Å². The van der Waals surface area contributed by atoms with Crippen molar-refractivity contribution in [3.05, 3.63) is 180 Å². The summed E-state index contributed by atoms with van der Waals surface area (Å²) in [4.78, 5) is 109. The number of nitrogens with zero attached hydrogens (tertiary/aromatic N) is 10. The summed E-state index contributed by atoms with van der Waals surface area (Å²) in [7, 11) is -0.689. The van der Waals surface area contributed by atoms with Crippen molar-refractivity contribution in [2.75, 3.05) is 39.4 Å². The number of benzene rings is 2. The van der Waals surface area contributed by atoms with Crippen LogP contribution in [0.4, 0.5) is 0 Å². The first kappa shape index (κ1) is 61.6. The molecule has 85 heavy (non-hydrogen) atoms. The third kappa shape index (κ3) is 15.1. The highest BCUT2D eigenvalue weighted by molar-refractivity contribution is 6.64. The van der Waals surface area contributed by atoms with Crippen LogP contribution in [0.5, 0.6) is 0 Å². The number of pyridine rings is 4. The van der Waals surface area contributed by atoms with Crippen molar-refractivity contribution in [2.45, 2.75) is 81.6 Å². The third-order valence-corrected chi connectivity index (χ3v) is 15.1. The van der Waals surface area contributed by atoms with E-state index in [9.17, 15) is 28.8 Å². The monoisotopic (exact) mass is 1210 g/mol. The van der Waals surface area contributed by atoms with Gasteiger partial charge in [0.05, 0.1) is 5.69 Å². The average Bonchev–Trinajstić information content (AvgIpc) is 1.54. The molecule has 6 aromatic heterocycles. The molecule has 0 saturated carbocycles. The van der Waals surface area contributed by atoms with Gasteiger partial charge in [0.25, 0.3) is 22.9 Å². The lowest BCUT2D eigenvalue weighted by Crippen LogP contribution is -2.56. The van der Waals surface area contributed by atoms with Crippen molar-refractivity contribution in [2.24, 2.45) is 16.2 Å². The van der Waals surface area contributed by atoms with Gasteiger partial charge in [0.15, 0.2) is 0 Å². The van der Waals surface area contributed by atoms with Crippen molar-refractivity contribution >= 4 is 93.1 Å². The fraction of sp³-hybridized carbons (Fsp3) is 0.344. The molecule has 24 heteroatoms. The van der Waals surface area contributed by atoms with E-state index in [1.165, 1.54) is 33.9 Å². The third-order valence-electron chi connectivity index (χ3n) is 14.4. The van der Waals surface area contributed by atoms with Gasteiger partial charge in [-0.2, -0.15) is 0 Å². The normalized spacial score (nSPS) is 15.5. The average molecular weight is 1210 g/mol. The molecule has 9 heterocycles. The minimum absolute atomic E-state index is 0.0426. The summed E-state index contributed by atoms with van der Waals surface area (Å²) in [6.07, 6.45) is 6.04. The quantitative estimate of drug-likeness (QED) is 0.0882. The van der Waals surface area contributed by atoms with Crippen molar-refractivity contribution < 1.29 is 28.5 Å². The SMILES string of the molecule is CC1(C)COB(c2ccnc3c2cc(C(=O)NCc2ccc(Cl)cc2)c(=O)n3CC(=O)N2CC(C)(C)C2)OC1.Cc1cc(-c2ccnc3c2cc(C(=O)NCc2ccc(Cl)cc2)c(=O)n3CC(=O)N2CC(C)(C)C2)ncn1.Cc1cc(Cl)ncn1. The van der Waals surface area contributed by atoms with E-state index in [1.54, 1.807) is 88.9 Å². The van der Waals surface area contributed by atoms with Crippen molar-refractivity contribution in [3.8, 4) is 11.3 Å². The van der Waals surface area contributed by atoms with E-state index < -0.39 is 30.1 Å². The first-order valence-electron chi connectivity index (χ1n) is 27.4. The zero-order chi connectivity index (χ0) is 61.0. The van der Waals surface area contributed by atoms with E-state index in [4.69, 9.17) is 44.1 Å². The number of likely N-dealkylation sites (tertiary alicyclic amines) is 2. The Labute approximate surface area is 506 Å².